The van der Waals surface area contributed by atoms with E-state index in [4.69, 9.17) is 9.15 Å². The average molecular weight is 1020 g/mol. The van der Waals surface area contributed by atoms with Gasteiger partial charge >= 0.3 is 0 Å². The number of para-hydroxylation sites is 3. The molecule has 0 N–H and O–H groups in total. The Morgan fingerprint density at radius 3 is 1.63 bits per heavy atom. The number of halogens is 2. The van der Waals surface area contributed by atoms with E-state index in [0.29, 0.717) is 0 Å². The van der Waals surface area contributed by atoms with Crippen molar-refractivity contribution in [2.45, 2.75) is 17.4 Å². The lowest BCUT2D eigenvalue weighted by atomic mass is 9.70. The summed E-state index contributed by atoms with van der Waals surface area (Å²) in [6.45, 7) is 0. The first-order chi connectivity index (χ1) is 39.0. The highest BCUT2D eigenvalue weighted by atomic mass is 19.1. The van der Waals surface area contributed by atoms with Crippen LogP contribution in [0.1, 0.15) is 33.7 Å². The number of hydrogen-bond acceptors (Lipinski definition) is 4. The first-order valence-electron chi connectivity index (χ1n) is 26.9. The molecule has 0 amide bonds. The molecule has 0 bridgehead atoms. The number of hydrogen-bond donors (Lipinski definition) is 0. The van der Waals surface area contributed by atoms with E-state index in [-0.39, 0.29) is 23.7 Å². The minimum Gasteiger partial charge on any atom is -0.483 e. The minimum atomic E-state index is -0.860. The Kier molecular flexibility index (Phi) is 9.21. The molecule has 0 fully saturated rings. The molecule has 2 heterocycles. The van der Waals surface area contributed by atoms with Crippen molar-refractivity contribution in [3.05, 3.63) is 300 Å². The number of rotatable bonds is 6. The van der Waals surface area contributed by atoms with Gasteiger partial charge in [0.15, 0.2) is 5.58 Å². The summed E-state index contributed by atoms with van der Waals surface area (Å²) < 4.78 is 43.8. The van der Waals surface area contributed by atoms with E-state index < -0.39 is 5.41 Å². The molecular weight excluding hydrogens is 975 g/mol. The molecule has 0 saturated heterocycles. The van der Waals surface area contributed by atoms with Gasteiger partial charge in [0.2, 0.25) is 0 Å². The second-order valence-corrected chi connectivity index (χ2v) is 21.2. The predicted molar refractivity (Wildman–Crippen MR) is 317 cm³/mol. The molecular formula is C73H44F2N2O2. The van der Waals surface area contributed by atoms with Crippen LogP contribution in [0.5, 0.6) is 5.75 Å². The standard InChI is InChI=1S/C73H44F2N2O2/c74-43-27-31-45(32-28-43)76(67-23-11-20-58-56-18-6-9-25-69(56)78-71(58)67)47-35-37-54-55-38-36-48(77(46-33-29-44(75)30-34-46)68-24-12-21-59-57-19-7-10-26-70(57)79-72(59)68)40-65(55)73(64(54)39-47)63-22-8-5-17-53(63)62-41-60-51-15-3-1-13-49(51)50-14-2-4-16-52(50)61(60)42-66(62)73/h1-42,58,71H. The minimum absolute atomic E-state index is 0.00942. The number of benzene rings is 12. The fourth-order valence-electron chi connectivity index (χ4n) is 14.1. The van der Waals surface area contributed by atoms with Crippen LogP contribution in [0.15, 0.2) is 265 Å². The van der Waals surface area contributed by atoms with Crippen LogP contribution in [0.3, 0.4) is 0 Å². The van der Waals surface area contributed by atoms with E-state index in [9.17, 15) is 0 Å². The zero-order valence-electron chi connectivity index (χ0n) is 42.4. The number of nitrogens with zero attached hydrogens (tertiary/aromatic N) is 2. The molecule has 0 saturated carbocycles. The number of fused-ring (bicyclic) bond motifs is 22. The SMILES string of the molecule is Fc1ccc(N(C2=CC=CC3c4ccccc4OC23)c2ccc3c(c2)C2(c4ccccc4-c4cc5c6ccccc6c6ccccc6c5cc42)c2cc(N(c4ccc(F)cc4)c4cccc5c4oc4ccccc45)ccc2-3)cc1. The molecule has 4 aliphatic rings. The Bertz CT molecular complexity index is 4820. The van der Waals surface area contributed by atoms with Gasteiger partial charge in [-0.3, -0.25) is 0 Å². The Morgan fingerprint density at radius 1 is 0.392 bits per heavy atom. The molecule has 79 heavy (non-hydrogen) atoms. The maximum absolute atomic E-state index is 15.1. The Hall–Kier alpha value is -10.0. The van der Waals surface area contributed by atoms with Crippen LogP contribution < -0.4 is 14.5 Å². The highest BCUT2D eigenvalue weighted by Crippen LogP contribution is 2.65. The zero-order valence-corrected chi connectivity index (χ0v) is 42.4. The molecule has 3 atom stereocenters. The lowest BCUT2D eigenvalue weighted by molar-refractivity contribution is 0.253. The van der Waals surface area contributed by atoms with Crippen molar-refractivity contribution in [3.8, 4) is 28.0 Å². The zero-order chi connectivity index (χ0) is 52.1. The summed E-state index contributed by atoms with van der Waals surface area (Å²) in [4.78, 5) is 4.48. The molecule has 1 aliphatic heterocycles. The smallest absolute Gasteiger partial charge is 0.159 e. The van der Waals surface area contributed by atoms with Crippen LogP contribution in [-0.4, -0.2) is 6.10 Å². The Labute approximate surface area is 453 Å². The molecule has 3 aliphatic carbocycles. The molecule has 12 aromatic carbocycles. The molecule has 4 nitrogen and oxygen atoms in total. The summed E-state index contributed by atoms with van der Waals surface area (Å²) in [7, 11) is 0. The van der Waals surface area contributed by atoms with Crippen LogP contribution in [0.4, 0.5) is 37.2 Å². The van der Waals surface area contributed by atoms with Gasteiger partial charge in [-0.25, -0.2) is 8.78 Å². The number of allylic oxidation sites excluding steroid dienone is 2. The quantitative estimate of drug-likeness (QED) is 0.155. The predicted octanol–water partition coefficient (Wildman–Crippen LogP) is 19.3. The highest BCUT2D eigenvalue weighted by Gasteiger charge is 2.53. The summed E-state index contributed by atoms with van der Waals surface area (Å²) in [5.74, 6) is 0.238. The van der Waals surface area contributed by atoms with Crippen molar-refractivity contribution >= 4 is 82.7 Å². The van der Waals surface area contributed by atoms with Crippen molar-refractivity contribution in [2.24, 2.45) is 0 Å². The molecule has 0 radical (unpaired) electrons. The van der Waals surface area contributed by atoms with E-state index in [2.05, 4.69) is 186 Å². The number of anilines is 5. The second-order valence-electron chi connectivity index (χ2n) is 21.2. The summed E-state index contributed by atoms with van der Waals surface area (Å²) >= 11 is 0. The Morgan fingerprint density at radius 2 is 0.924 bits per heavy atom. The van der Waals surface area contributed by atoms with Crippen LogP contribution in [-0.2, 0) is 5.41 Å². The van der Waals surface area contributed by atoms with Gasteiger partial charge in [0.05, 0.1) is 16.8 Å². The van der Waals surface area contributed by atoms with E-state index in [0.717, 1.165) is 89.6 Å². The van der Waals surface area contributed by atoms with Crippen LogP contribution in [0.25, 0.3) is 76.5 Å². The summed E-state index contributed by atoms with van der Waals surface area (Å²) in [5.41, 5.74) is 16.2. The number of furan rings is 1. The van der Waals surface area contributed by atoms with Gasteiger partial charge in [0.1, 0.15) is 29.1 Å². The lowest BCUT2D eigenvalue weighted by Crippen LogP contribution is -2.33. The van der Waals surface area contributed by atoms with Gasteiger partial charge in [-0.2, -0.15) is 0 Å². The third-order valence-electron chi connectivity index (χ3n) is 17.3. The van der Waals surface area contributed by atoms with Crippen LogP contribution >= 0.6 is 0 Å². The average Bonchev–Trinajstić information content (AvgIpc) is 2.71. The fraction of sp³-hybridized carbons (Fsp3) is 0.0411. The normalized spacial score (nSPS) is 17.2. The third kappa shape index (κ3) is 6.17. The van der Waals surface area contributed by atoms with E-state index >= 15 is 8.78 Å². The number of ether oxygens (including phenoxy) is 1. The largest absolute Gasteiger partial charge is 0.483 e. The van der Waals surface area contributed by atoms with Crippen molar-refractivity contribution in [3.63, 3.8) is 0 Å². The fourth-order valence-corrected chi connectivity index (χ4v) is 14.1. The maximum atomic E-state index is 15.1. The van der Waals surface area contributed by atoms with Crippen LogP contribution in [0.2, 0.25) is 0 Å². The van der Waals surface area contributed by atoms with Crippen molar-refractivity contribution in [1.29, 1.82) is 0 Å². The van der Waals surface area contributed by atoms with Crippen molar-refractivity contribution in [2.75, 3.05) is 9.80 Å². The van der Waals surface area contributed by atoms with Crippen molar-refractivity contribution < 1.29 is 17.9 Å². The van der Waals surface area contributed by atoms with Gasteiger partial charge in [0.25, 0.3) is 0 Å². The molecule has 1 spiro atoms. The molecule has 13 aromatic rings. The summed E-state index contributed by atoms with van der Waals surface area (Å²) in [5, 5.41) is 9.25. The third-order valence-corrected chi connectivity index (χ3v) is 17.3. The Balaban J connectivity index is 0.961. The van der Waals surface area contributed by atoms with E-state index in [1.165, 1.54) is 78.8 Å². The molecule has 3 unspecified atom stereocenters. The first kappa shape index (κ1) is 44.1. The topological polar surface area (TPSA) is 28.9 Å². The highest BCUT2D eigenvalue weighted by molar-refractivity contribution is 6.26. The van der Waals surface area contributed by atoms with Gasteiger partial charge in [-0.15, -0.1) is 0 Å². The molecule has 1 aromatic heterocycles. The van der Waals surface area contributed by atoms with E-state index in [1.807, 2.05) is 54.6 Å². The molecule has 17 rings (SSSR count). The summed E-state index contributed by atoms with van der Waals surface area (Å²) in [6.07, 6.45) is 6.17. The first-order valence-corrected chi connectivity index (χ1v) is 26.9. The van der Waals surface area contributed by atoms with E-state index in [1.54, 1.807) is 0 Å². The van der Waals surface area contributed by atoms with Crippen LogP contribution in [0, 0.1) is 11.6 Å². The molecule has 6 heteroatoms. The second kappa shape index (κ2) is 16.5. The van der Waals surface area contributed by atoms with Gasteiger partial charge < -0.3 is 19.0 Å². The van der Waals surface area contributed by atoms with Gasteiger partial charge in [0, 0.05) is 45.0 Å². The van der Waals surface area contributed by atoms with Gasteiger partial charge in [-0.05, 0) is 186 Å². The van der Waals surface area contributed by atoms with Crippen molar-refractivity contribution in [1.82, 2.24) is 0 Å². The lowest BCUT2D eigenvalue weighted by Gasteiger charge is -2.35. The maximum Gasteiger partial charge on any atom is 0.159 e. The van der Waals surface area contributed by atoms with Gasteiger partial charge in [-0.1, -0.05) is 146 Å². The molecule has 372 valence electrons. The monoisotopic (exact) mass is 1020 g/mol. The summed E-state index contributed by atoms with van der Waals surface area (Å²) in [6, 6.07) is 81.4.